The van der Waals surface area contributed by atoms with Crippen molar-refractivity contribution >= 4 is 23.3 Å². The predicted molar refractivity (Wildman–Crippen MR) is 71.0 cm³/mol. The summed E-state index contributed by atoms with van der Waals surface area (Å²) < 4.78 is 5.43. The number of benzene rings is 1. The Labute approximate surface area is 111 Å². The molecule has 2 N–H and O–H groups in total. The first-order chi connectivity index (χ1) is 8.79. The van der Waals surface area contributed by atoms with Gasteiger partial charge in [-0.25, -0.2) is 0 Å². The number of anilines is 2. The van der Waals surface area contributed by atoms with E-state index in [0.29, 0.717) is 23.5 Å². The molecule has 0 aliphatic rings. The number of hydrogen-bond acceptors (Lipinski definition) is 5. The Kier molecular flexibility index (Phi) is 4.55. The zero-order chi connectivity index (χ0) is 12.8. The van der Waals surface area contributed by atoms with Crippen molar-refractivity contribution in [1.82, 2.24) is 15.5 Å². The second kappa shape index (κ2) is 6.37. The zero-order valence-corrected chi connectivity index (χ0v) is 10.9. The molecule has 96 valence electrons. The third-order valence-electron chi connectivity index (χ3n) is 2.29. The van der Waals surface area contributed by atoms with Crippen LogP contribution in [-0.2, 0) is 6.54 Å². The largest absolute Gasteiger partial charge is 0.406 e. The van der Waals surface area contributed by atoms with Gasteiger partial charge < -0.3 is 15.1 Å². The summed E-state index contributed by atoms with van der Waals surface area (Å²) in [7, 11) is 0. The Morgan fingerprint density at radius 1 is 1.28 bits per heavy atom. The number of rotatable bonds is 6. The van der Waals surface area contributed by atoms with Crippen molar-refractivity contribution in [1.29, 1.82) is 0 Å². The molecule has 2 aromatic rings. The smallest absolute Gasteiger partial charge is 0.320 e. The van der Waals surface area contributed by atoms with Gasteiger partial charge in [0.1, 0.15) is 0 Å². The van der Waals surface area contributed by atoms with Crippen molar-refractivity contribution in [3.05, 3.63) is 35.2 Å². The SMILES string of the molecule is CCCNCc1nnc(Nc2ccccc2Cl)o1. The number of nitrogens with zero attached hydrogens (tertiary/aromatic N) is 2. The molecule has 0 fully saturated rings. The van der Waals surface area contributed by atoms with E-state index in [1.807, 2.05) is 18.2 Å². The molecular formula is C12H15ClN4O. The highest BCUT2D eigenvalue weighted by atomic mass is 35.5. The molecule has 0 amide bonds. The van der Waals surface area contributed by atoms with Gasteiger partial charge in [-0.05, 0) is 25.1 Å². The molecule has 0 unspecified atom stereocenters. The molecule has 6 heteroatoms. The minimum atomic E-state index is 0.344. The highest BCUT2D eigenvalue weighted by molar-refractivity contribution is 6.33. The maximum absolute atomic E-state index is 6.02. The molecule has 0 radical (unpaired) electrons. The van der Waals surface area contributed by atoms with Gasteiger partial charge in [-0.3, -0.25) is 0 Å². The van der Waals surface area contributed by atoms with E-state index in [2.05, 4.69) is 27.8 Å². The highest BCUT2D eigenvalue weighted by Crippen LogP contribution is 2.23. The van der Waals surface area contributed by atoms with Crippen molar-refractivity contribution in [2.45, 2.75) is 19.9 Å². The van der Waals surface area contributed by atoms with Crippen LogP contribution in [0, 0.1) is 0 Å². The van der Waals surface area contributed by atoms with Crippen LogP contribution < -0.4 is 10.6 Å². The van der Waals surface area contributed by atoms with Crippen molar-refractivity contribution in [3.63, 3.8) is 0 Å². The summed E-state index contributed by atoms with van der Waals surface area (Å²) >= 11 is 6.02. The first-order valence-corrected chi connectivity index (χ1v) is 6.22. The second-order valence-electron chi connectivity index (χ2n) is 3.78. The molecule has 0 aliphatic carbocycles. The fourth-order valence-electron chi connectivity index (χ4n) is 1.43. The Morgan fingerprint density at radius 3 is 2.89 bits per heavy atom. The molecule has 0 bridgehead atoms. The lowest BCUT2D eigenvalue weighted by Crippen LogP contribution is -2.13. The van der Waals surface area contributed by atoms with Crippen LogP contribution in [0.25, 0.3) is 0 Å². The number of aromatic nitrogens is 2. The van der Waals surface area contributed by atoms with E-state index in [4.69, 9.17) is 16.0 Å². The first kappa shape index (κ1) is 12.9. The Hall–Kier alpha value is -1.59. The van der Waals surface area contributed by atoms with Crippen molar-refractivity contribution in [3.8, 4) is 0 Å². The Balaban J connectivity index is 1.96. The lowest BCUT2D eigenvalue weighted by molar-refractivity contribution is 0.479. The van der Waals surface area contributed by atoms with Gasteiger partial charge in [0.05, 0.1) is 17.3 Å². The molecule has 0 saturated heterocycles. The van der Waals surface area contributed by atoms with Gasteiger partial charge in [0.25, 0.3) is 0 Å². The van der Waals surface area contributed by atoms with Gasteiger partial charge in [0.2, 0.25) is 5.89 Å². The first-order valence-electron chi connectivity index (χ1n) is 5.84. The van der Waals surface area contributed by atoms with Gasteiger partial charge in [-0.2, -0.15) is 0 Å². The molecule has 0 saturated carbocycles. The molecule has 1 aromatic carbocycles. The lowest BCUT2D eigenvalue weighted by Gasteiger charge is -2.02. The van der Waals surface area contributed by atoms with Crippen LogP contribution in [-0.4, -0.2) is 16.7 Å². The zero-order valence-electron chi connectivity index (χ0n) is 10.1. The van der Waals surface area contributed by atoms with Crippen LogP contribution in [0.2, 0.25) is 5.02 Å². The van der Waals surface area contributed by atoms with E-state index < -0.39 is 0 Å². The third-order valence-corrected chi connectivity index (χ3v) is 2.61. The fourth-order valence-corrected chi connectivity index (χ4v) is 1.61. The van der Waals surface area contributed by atoms with E-state index in [0.717, 1.165) is 18.7 Å². The molecule has 1 heterocycles. The number of hydrogen-bond donors (Lipinski definition) is 2. The maximum atomic E-state index is 6.02. The van der Waals surface area contributed by atoms with Crippen LogP contribution in [0.4, 0.5) is 11.7 Å². The average Bonchev–Trinajstić information content (AvgIpc) is 2.80. The summed E-state index contributed by atoms with van der Waals surface area (Å²) in [4.78, 5) is 0. The van der Waals surface area contributed by atoms with E-state index >= 15 is 0 Å². The van der Waals surface area contributed by atoms with E-state index in [1.165, 1.54) is 0 Å². The summed E-state index contributed by atoms with van der Waals surface area (Å²) in [6.07, 6.45) is 1.07. The van der Waals surface area contributed by atoms with Crippen LogP contribution in [0.1, 0.15) is 19.2 Å². The van der Waals surface area contributed by atoms with Crippen molar-refractivity contribution in [2.75, 3.05) is 11.9 Å². The molecule has 1 aromatic heterocycles. The van der Waals surface area contributed by atoms with E-state index in [1.54, 1.807) is 6.07 Å². The van der Waals surface area contributed by atoms with Crippen molar-refractivity contribution < 1.29 is 4.42 Å². The van der Waals surface area contributed by atoms with Gasteiger partial charge in [-0.1, -0.05) is 35.8 Å². The van der Waals surface area contributed by atoms with Crippen LogP contribution >= 0.6 is 11.6 Å². The Bertz CT molecular complexity index is 500. The summed E-state index contributed by atoms with van der Waals surface area (Å²) in [5.74, 6) is 0.554. The summed E-state index contributed by atoms with van der Waals surface area (Å²) in [6.45, 7) is 3.60. The fraction of sp³-hybridized carbons (Fsp3) is 0.333. The molecule has 2 rings (SSSR count). The van der Waals surface area contributed by atoms with Crippen molar-refractivity contribution in [2.24, 2.45) is 0 Å². The highest BCUT2D eigenvalue weighted by Gasteiger charge is 2.07. The van der Waals surface area contributed by atoms with Crippen LogP contribution in [0.3, 0.4) is 0 Å². The predicted octanol–water partition coefficient (Wildman–Crippen LogP) is 2.97. The molecule has 18 heavy (non-hydrogen) atoms. The quantitative estimate of drug-likeness (QED) is 0.787. The molecule has 0 spiro atoms. The summed E-state index contributed by atoms with van der Waals surface area (Å²) in [5.41, 5.74) is 0.746. The minimum Gasteiger partial charge on any atom is -0.406 e. The topological polar surface area (TPSA) is 63.0 Å². The van der Waals surface area contributed by atoms with Gasteiger partial charge in [0.15, 0.2) is 0 Å². The molecule has 0 aliphatic heterocycles. The van der Waals surface area contributed by atoms with Crippen LogP contribution in [0.15, 0.2) is 28.7 Å². The van der Waals surface area contributed by atoms with Gasteiger partial charge in [-0.15, -0.1) is 5.10 Å². The van der Waals surface area contributed by atoms with Crippen LogP contribution in [0.5, 0.6) is 0 Å². The van der Waals surface area contributed by atoms with Gasteiger partial charge in [0, 0.05) is 0 Å². The number of halogens is 1. The molecule has 5 nitrogen and oxygen atoms in total. The van der Waals surface area contributed by atoms with E-state index in [-0.39, 0.29) is 0 Å². The van der Waals surface area contributed by atoms with E-state index in [9.17, 15) is 0 Å². The number of nitrogens with one attached hydrogen (secondary N) is 2. The molecule has 0 atom stereocenters. The maximum Gasteiger partial charge on any atom is 0.320 e. The average molecular weight is 267 g/mol. The summed E-state index contributed by atoms with van der Waals surface area (Å²) in [6, 6.07) is 7.73. The molecular weight excluding hydrogens is 252 g/mol. The van der Waals surface area contributed by atoms with Gasteiger partial charge >= 0.3 is 6.01 Å². The summed E-state index contributed by atoms with van der Waals surface area (Å²) in [5, 5.41) is 14.6. The second-order valence-corrected chi connectivity index (χ2v) is 4.19. The monoisotopic (exact) mass is 266 g/mol. The third kappa shape index (κ3) is 3.45. The minimum absolute atomic E-state index is 0.344. The Morgan fingerprint density at radius 2 is 2.11 bits per heavy atom. The number of para-hydroxylation sites is 1. The normalized spacial score (nSPS) is 10.6. The lowest BCUT2D eigenvalue weighted by atomic mass is 10.3. The standard InChI is InChI=1S/C12H15ClN4O/c1-2-7-14-8-11-16-17-12(18-11)15-10-6-4-3-5-9(10)13/h3-6,14H,2,7-8H2,1H3,(H,15,17).